The molecular formula is C23H30O5. The van der Waals surface area contributed by atoms with Gasteiger partial charge in [0, 0.05) is 43.4 Å². The van der Waals surface area contributed by atoms with Gasteiger partial charge >= 0.3 is 11.9 Å². The lowest BCUT2D eigenvalue weighted by Crippen LogP contribution is -2.50. The average molecular weight is 386 g/mol. The van der Waals surface area contributed by atoms with Gasteiger partial charge < -0.3 is 9.47 Å². The summed E-state index contributed by atoms with van der Waals surface area (Å²) in [5.41, 5.74) is 2.08. The molecule has 4 rings (SSSR count). The lowest BCUT2D eigenvalue weighted by molar-refractivity contribution is -0.148. The molecule has 2 saturated carbocycles. The van der Waals surface area contributed by atoms with Crippen LogP contribution in [0.25, 0.3) is 0 Å². The van der Waals surface area contributed by atoms with Crippen LogP contribution in [0, 0.1) is 22.7 Å². The van der Waals surface area contributed by atoms with Gasteiger partial charge in [-0.05, 0) is 37.7 Å². The van der Waals surface area contributed by atoms with Crippen molar-refractivity contribution in [2.24, 2.45) is 22.7 Å². The number of ether oxygens (including phenoxy) is 2. The van der Waals surface area contributed by atoms with E-state index in [0.29, 0.717) is 18.6 Å². The maximum atomic E-state index is 12.6. The zero-order chi connectivity index (χ0) is 20.3. The molecule has 5 nitrogen and oxygen atoms in total. The fourth-order valence-corrected chi connectivity index (χ4v) is 6.31. The number of fused-ring (bicyclic) bond motifs is 5. The largest absolute Gasteiger partial charge is 0.462 e. The molecular weight excluding hydrogens is 356 g/mol. The van der Waals surface area contributed by atoms with Gasteiger partial charge in [0.2, 0.25) is 0 Å². The summed E-state index contributed by atoms with van der Waals surface area (Å²) < 4.78 is 11.3. The summed E-state index contributed by atoms with van der Waals surface area (Å²) in [5, 5.41) is 0. The van der Waals surface area contributed by atoms with Crippen molar-refractivity contribution in [3.05, 3.63) is 23.3 Å². The Morgan fingerprint density at radius 1 is 1.11 bits per heavy atom. The van der Waals surface area contributed by atoms with Crippen LogP contribution in [-0.2, 0) is 23.9 Å². The maximum Gasteiger partial charge on any atom is 0.303 e. The summed E-state index contributed by atoms with van der Waals surface area (Å²) in [5.74, 6) is 0.0662. The number of hydrogen-bond donors (Lipinski definition) is 0. The molecule has 0 aromatic carbocycles. The molecule has 6 atom stereocenters. The van der Waals surface area contributed by atoms with Crippen LogP contribution in [0.3, 0.4) is 0 Å². The Morgan fingerprint density at radius 2 is 1.82 bits per heavy atom. The summed E-state index contributed by atoms with van der Waals surface area (Å²) in [7, 11) is 0. The van der Waals surface area contributed by atoms with Crippen molar-refractivity contribution in [3.63, 3.8) is 0 Å². The minimum absolute atomic E-state index is 0.0631. The van der Waals surface area contributed by atoms with E-state index in [1.807, 2.05) is 0 Å². The third kappa shape index (κ3) is 2.85. The zero-order valence-electron chi connectivity index (χ0n) is 17.2. The molecule has 0 aliphatic heterocycles. The number of ketones is 1. The molecule has 0 N–H and O–H groups in total. The zero-order valence-corrected chi connectivity index (χ0v) is 17.2. The molecule has 4 aliphatic rings. The molecule has 0 radical (unpaired) electrons. The molecule has 5 heteroatoms. The predicted octanol–water partition coefficient (Wildman–Crippen LogP) is 3.91. The van der Waals surface area contributed by atoms with Crippen molar-refractivity contribution >= 4 is 17.7 Å². The molecule has 0 heterocycles. The highest BCUT2D eigenvalue weighted by molar-refractivity contribution is 5.87. The van der Waals surface area contributed by atoms with E-state index in [1.54, 1.807) is 0 Å². The lowest BCUT2D eigenvalue weighted by atomic mass is 9.52. The first-order chi connectivity index (χ1) is 13.1. The highest BCUT2D eigenvalue weighted by Crippen LogP contribution is 2.62. The predicted molar refractivity (Wildman–Crippen MR) is 103 cm³/mol. The molecule has 0 aromatic rings. The highest BCUT2D eigenvalue weighted by Gasteiger charge is 2.58. The van der Waals surface area contributed by atoms with Crippen molar-refractivity contribution in [1.82, 2.24) is 0 Å². The number of carbonyl (C=O) groups is 3. The van der Waals surface area contributed by atoms with Crippen LogP contribution in [0.5, 0.6) is 0 Å². The third-order valence-corrected chi connectivity index (χ3v) is 7.79. The van der Waals surface area contributed by atoms with Crippen LogP contribution >= 0.6 is 0 Å². The van der Waals surface area contributed by atoms with Crippen molar-refractivity contribution in [2.75, 3.05) is 0 Å². The number of esters is 2. The second-order valence-electron chi connectivity index (χ2n) is 9.45. The van der Waals surface area contributed by atoms with Gasteiger partial charge in [-0.15, -0.1) is 0 Å². The molecule has 1 unspecified atom stereocenters. The van der Waals surface area contributed by atoms with E-state index in [-0.39, 0.29) is 46.8 Å². The molecule has 0 spiro atoms. The number of carbonyl (C=O) groups excluding carboxylic acids is 3. The first kappa shape index (κ1) is 19.4. The number of allylic oxidation sites excluding steroid dienone is 1. The Bertz CT molecular complexity index is 793. The summed E-state index contributed by atoms with van der Waals surface area (Å²) in [4.78, 5) is 35.9. The highest BCUT2D eigenvalue weighted by atomic mass is 16.5. The second-order valence-corrected chi connectivity index (χ2v) is 9.45. The lowest BCUT2D eigenvalue weighted by Gasteiger charge is -2.54. The number of rotatable bonds is 2. The summed E-state index contributed by atoms with van der Waals surface area (Å²) in [6, 6.07) is 0. The van der Waals surface area contributed by atoms with E-state index in [9.17, 15) is 14.4 Å². The Hall–Kier alpha value is -1.91. The normalized spacial score (nSPS) is 41.8. The molecule has 28 heavy (non-hydrogen) atoms. The molecule has 0 amide bonds. The SMILES string of the molecule is CC(=O)O[C@H]1CC[C@@]2(C)C(=C[C@H](OC(C)=O)[C@@H]3C2=CC[C@]2(C)C(=O)CCC32)C1. The summed E-state index contributed by atoms with van der Waals surface area (Å²) in [6.45, 7) is 7.25. The topological polar surface area (TPSA) is 69.7 Å². The third-order valence-electron chi connectivity index (χ3n) is 7.79. The standard InChI is InChI=1S/C23H30O5/c1-13(24)27-16-7-9-22(3)15(11-16)12-19(28-14(2)25)21-17-5-6-20(26)23(17,4)10-8-18(21)22/h8,12,16-17,19,21H,5-7,9-11H2,1-4H3/t16-,17?,19-,21-,22-,23-/m0/s1. The molecule has 0 saturated heterocycles. The first-order valence-corrected chi connectivity index (χ1v) is 10.4. The summed E-state index contributed by atoms with van der Waals surface area (Å²) >= 11 is 0. The maximum absolute atomic E-state index is 12.6. The van der Waals surface area contributed by atoms with Gasteiger partial charge in [0.05, 0.1) is 0 Å². The average Bonchev–Trinajstić information content (AvgIpc) is 2.90. The molecule has 4 aliphatic carbocycles. The Kier molecular flexibility index (Phi) is 4.55. The van der Waals surface area contributed by atoms with Crippen molar-refractivity contribution < 1.29 is 23.9 Å². The quantitative estimate of drug-likeness (QED) is 0.532. The molecule has 2 fully saturated rings. The molecule has 152 valence electrons. The summed E-state index contributed by atoms with van der Waals surface area (Å²) in [6.07, 6.45) is 8.57. The van der Waals surface area contributed by atoms with Crippen LogP contribution in [0.15, 0.2) is 23.3 Å². The number of hydrogen-bond acceptors (Lipinski definition) is 5. The van der Waals surface area contributed by atoms with E-state index >= 15 is 0 Å². The monoisotopic (exact) mass is 386 g/mol. The van der Waals surface area contributed by atoms with Gasteiger partial charge in [-0.2, -0.15) is 0 Å². The van der Waals surface area contributed by atoms with Gasteiger partial charge in [0.1, 0.15) is 18.0 Å². The van der Waals surface area contributed by atoms with E-state index in [0.717, 1.165) is 25.7 Å². The first-order valence-electron chi connectivity index (χ1n) is 10.4. The Balaban J connectivity index is 1.75. The van der Waals surface area contributed by atoms with Gasteiger partial charge in [-0.3, -0.25) is 14.4 Å². The van der Waals surface area contributed by atoms with Crippen molar-refractivity contribution in [1.29, 1.82) is 0 Å². The Labute approximate surface area is 166 Å². The van der Waals surface area contributed by atoms with E-state index < -0.39 is 0 Å². The van der Waals surface area contributed by atoms with Gasteiger partial charge in [0.25, 0.3) is 0 Å². The minimum atomic E-state index is -0.349. The minimum Gasteiger partial charge on any atom is -0.462 e. The Morgan fingerprint density at radius 3 is 2.50 bits per heavy atom. The van der Waals surface area contributed by atoms with Crippen LogP contribution in [0.2, 0.25) is 0 Å². The van der Waals surface area contributed by atoms with Crippen molar-refractivity contribution in [2.45, 2.75) is 78.4 Å². The fraction of sp³-hybridized carbons (Fsp3) is 0.696. The van der Waals surface area contributed by atoms with Gasteiger partial charge in [-0.1, -0.05) is 31.1 Å². The molecule has 0 bridgehead atoms. The van der Waals surface area contributed by atoms with Crippen molar-refractivity contribution in [3.8, 4) is 0 Å². The van der Waals surface area contributed by atoms with E-state index in [2.05, 4.69) is 26.0 Å². The van der Waals surface area contributed by atoms with Crippen LogP contribution in [0.4, 0.5) is 0 Å². The van der Waals surface area contributed by atoms with E-state index in [1.165, 1.54) is 25.0 Å². The smallest absolute Gasteiger partial charge is 0.303 e. The fourth-order valence-electron chi connectivity index (χ4n) is 6.31. The van der Waals surface area contributed by atoms with E-state index in [4.69, 9.17) is 9.47 Å². The number of Topliss-reactive ketones (excluding diaryl/α,β-unsaturated/α-hetero) is 1. The van der Waals surface area contributed by atoms with Gasteiger partial charge in [0.15, 0.2) is 0 Å². The van der Waals surface area contributed by atoms with Gasteiger partial charge in [-0.25, -0.2) is 0 Å². The second kappa shape index (κ2) is 6.57. The molecule has 0 aromatic heterocycles. The van der Waals surface area contributed by atoms with Crippen LogP contribution in [-0.4, -0.2) is 29.9 Å². The van der Waals surface area contributed by atoms with Crippen LogP contribution in [0.1, 0.15) is 66.2 Å². The van der Waals surface area contributed by atoms with Crippen LogP contribution < -0.4 is 0 Å².